The summed E-state index contributed by atoms with van der Waals surface area (Å²) in [5, 5.41) is 12.3. The van der Waals surface area contributed by atoms with Gasteiger partial charge in [0.2, 0.25) is 0 Å². The zero-order chi connectivity index (χ0) is 13.7. The minimum absolute atomic E-state index is 0.0248. The number of hydrogen-bond acceptors (Lipinski definition) is 4. The lowest BCUT2D eigenvalue weighted by Crippen LogP contribution is -2.41. The van der Waals surface area contributed by atoms with Gasteiger partial charge in [-0.2, -0.15) is 0 Å². The molecule has 2 heterocycles. The Labute approximate surface area is 113 Å². The Balaban J connectivity index is 1.97. The van der Waals surface area contributed by atoms with E-state index in [1.165, 1.54) is 5.56 Å². The van der Waals surface area contributed by atoms with E-state index in [0.29, 0.717) is 6.04 Å². The van der Waals surface area contributed by atoms with E-state index in [1.807, 2.05) is 12.1 Å². The zero-order valence-electron chi connectivity index (χ0n) is 11.2. The Kier molecular flexibility index (Phi) is 4.87. The molecule has 0 aliphatic carbocycles. The lowest BCUT2D eigenvalue weighted by Gasteiger charge is -2.23. The molecule has 1 fully saturated rings. The number of carbonyl (C=O) groups is 1. The molecule has 2 atom stereocenters. The normalized spacial score (nSPS) is 24.9. The molecule has 0 aromatic carbocycles. The number of pyridine rings is 1. The minimum atomic E-state index is -0.740. The second-order valence-electron chi connectivity index (χ2n) is 5.24. The molecule has 1 aromatic heterocycles. The number of nitrogens with zero attached hydrogens (tertiary/aromatic N) is 2. The molecule has 5 heteroatoms. The van der Waals surface area contributed by atoms with E-state index >= 15 is 0 Å². The maximum atomic E-state index is 10.9. The van der Waals surface area contributed by atoms with Crippen LogP contribution in [0.1, 0.15) is 25.3 Å². The van der Waals surface area contributed by atoms with Gasteiger partial charge in [-0.15, -0.1) is 0 Å². The van der Waals surface area contributed by atoms with Crippen LogP contribution in [0.4, 0.5) is 0 Å². The van der Waals surface area contributed by atoms with Gasteiger partial charge in [0.25, 0.3) is 0 Å². The molecule has 2 N–H and O–H groups in total. The summed E-state index contributed by atoms with van der Waals surface area (Å²) >= 11 is 0. The average Bonchev–Trinajstić information content (AvgIpc) is 2.52. The molecule has 0 radical (unpaired) electrons. The first-order valence-corrected chi connectivity index (χ1v) is 6.72. The summed E-state index contributed by atoms with van der Waals surface area (Å²) < 4.78 is 0. The SMILES string of the molecule is CC1CCN(Cc2ccncc2)CC(CC(=O)O)N1. The highest BCUT2D eigenvalue weighted by molar-refractivity contribution is 5.67. The summed E-state index contributed by atoms with van der Waals surface area (Å²) in [4.78, 5) is 17.2. The topological polar surface area (TPSA) is 65.5 Å². The van der Waals surface area contributed by atoms with E-state index in [4.69, 9.17) is 5.11 Å². The highest BCUT2D eigenvalue weighted by Crippen LogP contribution is 2.11. The van der Waals surface area contributed by atoms with Gasteiger partial charge in [-0.25, -0.2) is 0 Å². The van der Waals surface area contributed by atoms with Crippen LogP contribution in [0.3, 0.4) is 0 Å². The van der Waals surface area contributed by atoms with E-state index in [-0.39, 0.29) is 12.5 Å². The van der Waals surface area contributed by atoms with Gasteiger partial charge < -0.3 is 10.4 Å². The standard InChI is InChI=1S/C14H21N3O2/c1-11-4-7-17(9-12-2-5-15-6-3-12)10-13(16-11)8-14(18)19/h2-3,5-6,11,13,16H,4,7-10H2,1H3,(H,18,19). The maximum Gasteiger partial charge on any atom is 0.304 e. The van der Waals surface area contributed by atoms with Gasteiger partial charge in [0, 0.05) is 44.1 Å². The molecule has 0 bridgehead atoms. The number of nitrogens with one attached hydrogen (secondary N) is 1. The quantitative estimate of drug-likeness (QED) is 0.852. The van der Waals surface area contributed by atoms with Crippen LogP contribution in [0, 0.1) is 0 Å². The van der Waals surface area contributed by atoms with Crippen molar-refractivity contribution in [2.45, 2.75) is 38.4 Å². The first kappa shape index (κ1) is 14.0. The molecule has 1 saturated heterocycles. The van der Waals surface area contributed by atoms with Crippen LogP contribution >= 0.6 is 0 Å². The van der Waals surface area contributed by atoms with Crippen molar-refractivity contribution in [2.24, 2.45) is 0 Å². The van der Waals surface area contributed by atoms with Crippen LogP contribution < -0.4 is 5.32 Å². The monoisotopic (exact) mass is 263 g/mol. The second kappa shape index (κ2) is 6.63. The molecule has 0 spiro atoms. The molecule has 104 valence electrons. The van der Waals surface area contributed by atoms with E-state index < -0.39 is 5.97 Å². The smallest absolute Gasteiger partial charge is 0.304 e. The van der Waals surface area contributed by atoms with Crippen LogP contribution in [0.2, 0.25) is 0 Å². The molecular weight excluding hydrogens is 242 g/mol. The van der Waals surface area contributed by atoms with Crippen molar-refractivity contribution < 1.29 is 9.90 Å². The molecule has 0 saturated carbocycles. The third-order valence-corrected chi connectivity index (χ3v) is 3.45. The molecular formula is C14H21N3O2. The van der Waals surface area contributed by atoms with Gasteiger partial charge in [0.15, 0.2) is 0 Å². The summed E-state index contributed by atoms with van der Waals surface area (Å²) in [5.74, 6) is -0.740. The minimum Gasteiger partial charge on any atom is -0.481 e. The summed E-state index contributed by atoms with van der Waals surface area (Å²) in [5.41, 5.74) is 1.22. The largest absolute Gasteiger partial charge is 0.481 e. The summed E-state index contributed by atoms with van der Waals surface area (Å²) in [6.07, 6.45) is 4.81. The lowest BCUT2D eigenvalue weighted by atomic mass is 10.1. The predicted octanol–water partition coefficient (Wildman–Crippen LogP) is 1.11. The number of aromatic nitrogens is 1. The van der Waals surface area contributed by atoms with E-state index in [2.05, 4.69) is 22.1 Å². The molecule has 2 unspecified atom stereocenters. The highest BCUT2D eigenvalue weighted by Gasteiger charge is 2.23. The molecule has 0 amide bonds. The van der Waals surface area contributed by atoms with Crippen molar-refractivity contribution in [3.8, 4) is 0 Å². The van der Waals surface area contributed by atoms with Crippen LogP contribution in [0.15, 0.2) is 24.5 Å². The number of rotatable bonds is 4. The van der Waals surface area contributed by atoms with Gasteiger partial charge in [0.05, 0.1) is 6.42 Å². The molecule has 19 heavy (non-hydrogen) atoms. The average molecular weight is 263 g/mol. The van der Waals surface area contributed by atoms with Crippen molar-refractivity contribution in [2.75, 3.05) is 13.1 Å². The zero-order valence-corrected chi connectivity index (χ0v) is 11.2. The van der Waals surface area contributed by atoms with Crippen LogP contribution in [-0.2, 0) is 11.3 Å². The van der Waals surface area contributed by atoms with Gasteiger partial charge in [-0.05, 0) is 31.0 Å². The molecule has 5 nitrogen and oxygen atoms in total. The first-order valence-electron chi connectivity index (χ1n) is 6.72. The van der Waals surface area contributed by atoms with Crippen molar-refractivity contribution in [3.05, 3.63) is 30.1 Å². The van der Waals surface area contributed by atoms with E-state index in [0.717, 1.165) is 26.1 Å². The van der Waals surface area contributed by atoms with Crippen molar-refractivity contribution >= 4 is 5.97 Å². The fourth-order valence-corrected chi connectivity index (χ4v) is 2.54. The fourth-order valence-electron chi connectivity index (χ4n) is 2.54. The maximum absolute atomic E-state index is 10.9. The molecule has 1 aliphatic rings. The van der Waals surface area contributed by atoms with E-state index in [9.17, 15) is 4.79 Å². The Morgan fingerprint density at radius 1 is 1.53 bits per heavy atom. The summed E-state index contributed by atoms with van der Waals surface area (Å²) in [6, 6.07) is 4.41. The molecule has 2 rings (SSSR count). The second-order valence-corrected chi connectivity index (χ2v) is 5.24. The third kappa shape index (κ3) is 4.61. The van der Waals surface area contributed by atoms with Crippen LogP contribution in [0.5, 0.6) is 0 Å². The Morgan fingerprint density at radius 2 is 2.26 bits per heavy atom. The summed E-state index contributed by atoms with van der Waals surface area (Å²) in [6.45, 7) is 4.74. The summed E-state index contributed by atoms with van der Waals surface area (Å²) in [7, 11) is 0. The molecule has 1 aliphatic heterocycles. The molecule has 1 aromatic rings. The predicted molar refractivity (Wildman–Crippen MR) is 72.8 cm³/mol. The highest BCUT2D eigenvalue weighted by atomic mass is 16.4. The number of carboxylic acid groups (broad SMARTS) is 1. The van der Waals surface area contributed by atoms with Crippen molar-refractivity contribution in [3.63, 3.8) is 0 Å². The van der Waals surface area contributed by atoms with Gasteiger partial charge in [-0.3, -0.25) is 14.7 Å². The lowest BCUT2D eigenvalue weighted by molar-refractivity contribution is -0.137. The fraction of sp³-hybridized carbons (Fsp3) is 0.571. The Morgan fingerprint density at radius 3 is 2.95 bits per heavy atom. The Hall–Kier alpha value is -1.46. The number of hydrogen-bond donors (Lipinski definition) is 2. The third-order valence-electron chi connectivity index (χ3n) is 3.45. The van der Waals surface area contributed by atoms with E-state index in [1.54, 1.807) is 12.4 Å². The number of aliphatic carboxylic acids is 1. The van der Waals surface area contributed by atoms with Gasteiger partial charge >= 0.3 is 5.97 Å². The van der Waals surface area contributed by atoms with Gasteiger partial charge in [-0.1, -0.05) is 0 Å². The Bertz CT molecular complexity index is 410. The van der Waals surface area contributed by atoms with Crippen molar-refractivity contribution in [1.82, 2.24) is 15.2 Å². The van der Waals surface area contributed by atoms with Crippen LogP contribution in [0.25, 0.3) is 0 Å². The van der Waals surface area contributed by atoms with Gasteiger partial charge in [0.1, 0.15) is 0 Å². The van der Waals surface area contributed by atoms with Crippen LogP contribution in [-0.4, -0.2) is 46.1 Å². The van der Waals surface area contributed by atoms with Crippen molar-refractivity contribution in [1.29, 1.82) is 0 Å². The first-order chi connectivity index (χ1) is 9.13. The number of carboxylic acids is 1.